The highest BCUT2D eigenvalue weighted by atomic mass is 35.5. The molecular weight excluding hydrogens is 346 g/mol. The summed E-state index contributed by atoms with van der Waals surface area (Å²) in [6.45, 7) is 5.27. The van der Waals surface area contributed by atoms with Gasteiger partial charge in [0.05, 0.1) is 18.3 Å². The topological polar surface area (TPSA) is 35.9 Å². The molecule has 0 aromatic heterocycles. The van der Waals surface area contributed by atoms with Gasteiger partial charge in [-0.05, 0) is 37.7 Å². The van der Waals surface area contributed by atoms with Crippen LogP contribution >= 0.6 is 11.6 Å². The minimum Gasteiger partial charge on any atom is -0.298 e. The molecule has 0 saturated heterocycles. The Morgan fingerprint density at radius 3 is 2.62 bits per heavy atom. The Balaban J connectivity index is 1.97. The number of hydrogen-bond acceptors (Lipinski definition) is 3. The number of aryl methyl sites for hydroxylation is 1. The molecule has 5 heteroatoms. The first kappa shape index (κ1) is 18.6. The third-order valence-corrected chi connectivity index (χ3v) is 5.17. The van der Waals surface area contributed by atoms with Gasteiger partial charge in [0.15, 0.2) is 0 Å². The summed E-state index contributed by atoms with van der Waals surface area (Å²) >= 11 is 6.37. The SMILES string of the molecule is CCN(C)CC(=O)N1N=C(c2ccccc2Cl)CC1c1ccccc1C. The molecule has 0 bridgehead atoms. The molecule has 0 aliphatic carbocycles. The van der Waals surface area contributed by atoms with Crippen molar-refractivity contribution in [2.24, 2.45) is 5.10 Å². The van der Waals surface area contributed by atoms with Gasteiger partial charge in [0.25, 0.3) is 5.91 Å². The number of nitrogens with zero attached hydrogens (tertiary/aromatic N) is 3. The molecule has 0 saturated carbocycles. The molecule has 1 atom stereocenters. The second kappa shape index (κ2) is 8.02. The largest absolute Gasteiger partial charge is 0.298 e. The molecule has 0 N–H and O–H groups in total. The van der Waals surface area contributed by atoms with Crippen molar-refractivity contribution in [3.63, 3.8) is 0 Å². The summed E-state index contributed by atoms with van der Waals surface area (Å²) in [5, 5.41) is 7.00. The van der Waals surface area contributed by atoms with Crippen LogP contribution in [0, 0.1) is 6.92 Å². The molecule has 1 unspecified atom stereocenters. The van der Waals surface area contributed by atoms with E-state index in [2.05, 4.69) is 19.1 Å². The second-order valence-corrected chi connectivity index (χ2v) is 7.08. The van der Waals surface area contributed by atoms with Gasteiger partial charge in [-0.3, -0.25) is 9.69 Å². The highest BCUT2D eigenvalue weighted by Crippen LogP contribution is 2.35. The van der Waals surface area contributed by atoms with Crippen molar-refractivity contribution in [3.8, 4) is 0 Å². The number of hydrogen-bond donors (Lipinski definition) is 0. The highest BCUT2D eigenvalue weighted by Gasteiger charge is 2.34. The summed E-state index contributed by atoms with van der Waals surface area (Å²) in [6.07, 6.45) is 0.663. The van der Waals surface area contributed by atoms with Crippen LogP contribution in [0.4, 0.5) is 0 Å². The summed E-state index contributed by atoms with van der Waals surface area (Å²) in [5.74, 6) is 0.00431. The van der Waals surface area contributed by atoms with Crippen molar-refractivity contribution in [1.29, 1.82) is 0 Å². The Morgan fingerprint density at radius 1 is 1.23 bits per heavy atom. The lowest BCUT2D eigenvalue weighted by molar-refractivity contribution is -0.133. The van der Waals surface area contributed by atoms with Gasteiger partial charge < -0.3 is 0 Å². The van der Waals surface area contributed by atoms with Crippen LogP contribution in [-0.4, -0.2) is 41.7 Å². The number of hydrazone groups is 1. The molecule has 1 aliphatic rings. The summed E-state index contributed by atoms with van der Waals surface area (Å²) < 4.78 is 0. The summed E-state index contributed by atoms with van der Waals surface area (Å²) in [4.78, 5) is 14.9. The lowest BCUT2D eigenvalue weighted by Gasteiger charge is -2.25. The molecule has 1 aliphatic heterocycles. The number of likely N-dealkylation sites (N-methyl/N-ethyl adjacent to an activating group) is 1. The monoisotopic (exact) mass is 369 g/mol. The van der Waals surface area contributed by atoms with E-state index in [1.165, 1.54) is 0 Å². The Labute approximate surface area is 160 Å². The number of amides is 1. The normalized spacial score (nSPS) is 16.9. The lowest BCUT2D eigenvalue weighted by atomic mass is 9.95. The van der Waals surface area contributed by atoms with Gasteiger partial charge in [-0.2, -0.15) is 5.10 Å². The van der Waals surface area contributed by atoms with Gasteiger partial charge in [0, 0.05) is 17.0 Å². The number of halogens is 1. The minimum absolute atomic E-state index is 0.00431. The minimum atomic E-state index is -0.0970. The Kier molecular flexibility index (Phi) is 5.74. The average Bonchev–Trinajstić information content (AvgIpc) is 3.07. The van der Waals surface area contributed by atoms with E-state index in [1.807, 2.05) is 55.3 Å². The second-order valence-electron chi connectivity index (χ2n) is 6.67. The smallest absolute Gasteiger partial charge is 0.257 e. The first-order chi connectivity index (χ1) is 12.5. The fourth-order valence-electron chi connectivity index (χ4n) is 3.22. The maximum atomic E-state index is 12.9. The van der Waals surface area contributed by atoms with Crippen molar-refractivity contribution >= 4 is 23.2 Å². The van der Waals surface area contributed by atoms with Crippen molar-refractivity contribution in [3.05, 3.63) is 70.2 Å². The zero-order valence-corrected chi connectivity index (χ0v) is 16.2. The number of benzene rings is 2. The van der Waals surface area contributed by atoms with Gasteiger partial charge in [-0.15, -0.1) is 0 Å². The predicted octanol–water partition coefficient (Wildman–Crippen LogP) is 4.28. The molecular formula is C21H24ClN3O. The van der Waals surface area contributed by atoms with Crippen LogP contribution in [0.2, 0.25) is 5.02 Å². The van der Waals surface area contributed by atoms with E-state index < -0.39 is 0 Å². The predicted molar refractivity (Wildman–Crippen MR) is 107 cm³/mol. The Morgan fingerprint density at radius 2 is 1.92 bits per heavy atom. The Bertz CT molecular complexity index is 834. The third kappa shape index (κ3) is 3.81. The molecule has 26 heavy (non-hydrogen) atoms. The molecule has 136 valence electrons. The van der Waals surface area contributed by atoms with E-state index in [9.17, 15) is 4.79 Å². The standard InChI is InChI=1S/C21H24ClN3O/c1-4-24(3)14-21(26)25-20(16-10-6-5-9-15(16)2)13-19(23-25)17-11-7-8-12-18(17)22/h5-12,20H,4,13-14H2,1-3H3. The van der Waals surface area contributed by atoms with E-state index in [-0.39, 0.29) is 11.9 Å². The molecule has 0 fully saturated rings. The molecule has 2 aromatic rings. The number of carbonyl (C=O) groups excluding carboxylic acids is 1. The molecule has 2 aromatic carbocycles. The van der Waals surface area contributed by atoms with Crippen LogP contribution in [0.1, 0.15) is 36.1 Å². The Hall–Kier alpha value is -2.17. The molecule has 1 amide bonds. The number of carbonyl (C=O) groups is 1. The van der Waals surface area contributed by atoms with Gasteiger partial charge in [-0.1, -0.05) is 61.0 Å². The number of rotatable bonds is 5. The first-order valence-electron chi connectivity index (χ1n) is 8.89. The lowest BCUT2D eigenvalue weighted by Crippen LogP contribution is -2.36. The summed E-state index contributed by atoms with van der Waals surface area (Å²) in [7, 11) is 1.94. The van der Waals surface area contributed by atoms with Gasteiger partial charge in [-0.25, -0.2) is 5.01 Å². The van der Waals surface area contributed by atoms with Gasteiger partial charge >= 0.3 is 0 Å². The van der Waals surface area contributed by atoms with Crippen LogP contribution in [0.3, 0.4) is 0 Å². The van der Waals surface area contributed by atoms with Crippen molar-refractivity contribution < 1.29 is 4.79 Å². The maximum Gasteiger partial charge on any atom is 0.257 e. The van der Waals surface area contributed by atoms with Crippen LogP contribution in [0.5, 0.6) is 0 Å². The third-order valence-electron chi connectivity index (χ3n) is 4.84. The van der Waals surface area contributed by atoms with Crippen LogP contribution in [0.25, 0.3) is 0 Å². The van der Waals surface area contributed by atoms with Crippen molar-refractivity contribution in [1.82, 2.24) is 9.91 Å². The van der Waals surface area contributed by atoms with E-state index in [0.29, 0.717) is 18.0 Å². The summed E-state index contributed by atoms with van der Waals surface area (Å²) in [6, 6.07) is 15.7. The fourth-order valence-corrected chi connectivity index (χ4v) is 3.46. The fraction of sp³-hybridized carbons (Fsp3) is 0.333. The van der Waals surface area contributed by atoms with Gasteiger partial charge in [0.1, 0.15) is 0 Å². The molecule has 4 nitrogen and oxygen atoms in total. The quantitative estimate of drug-likeness (QED) is 0.788. The highest BCUT2D eigenvalue weighted by molar-refractivity contribution is 6.34. The first-order valence-corrected chi connectivity index (χ1v) is 9.27. The van der Waals surface area contributed by atoms with Gasteiger partial charge in [0.2, 0.25) is 0 Å². The molecule has 3 rings (SSSR count). The van der Waals surface area contributed by atoms with E-state index in [4.69, 9.17) is 16.7 Å². The van der Waals surface area contributed by atoms with Crippen LogP contribution in [-0.2, 0) is 4.79 Å². The summed E-state index contributed by atoms with van der Waals surface area (Å²) in [5.41, 5.74) is 4.05. The van der Waals surface area contributed by atoms with Crippen molar-refractivity contribution in [2.45, 2.75) is 26.3 Å². The maximum absolute atomic E-state index is 12.9. The average molecular weight is 370 g/mol. The van der Waals surface area contributed by atoms with E-state index in [0.717, 1.165) is 28.9 Å². The zero-order valence-electron chi connectivity index (χ0n) is 15.4. The molecule has 1 heterocycles. The van der Waals surface area contributed by atoms with Crippen LogP contribution < -0.4 is 0 Å². The zero-order chi connectivity index (χ0) is 18.7. The van der Waals surface area contributed by atoms with E-state index >= 15 is 0 Å². The molecule has 0 spiro atoms. The van der Waals surface area contributed by atoms with Crippen molar-refractivity contribution in [2.75, 3.05) is 20.1 Å². The van der Waals surface area contributed by atoms with Crippen LogP contribution in [0.15, 0.2) is 53.6 Å². The van der Waals surface area contributed by atoms with E-state index in [1.54, 1.807) is 5.01 Å². The molecule has 0 radical (unpaired) electrons.